The lowest BCUT2D eigenvalue weighted by atomic mass is 9.91. The van der Waals surface area contributed by atoms with Crippen LogP contribution < -0.4 is 23.8 Å². The minimum absolute atomic E-state index is 0.0000781. The van der Waals surface area contributed by atoms with Crippen LogP contribution in [0, 0.1) is 10.1 Å². The molecular formula is C62H74N4O12. The van der Waals surface area contributed by atoms with Crippen molar-refractivity contribution in [3.8, 4) is 23.0 Å². The molecule has 0 atom stereocenters. The Labute approximate surface area is 458 Å². The number of hydrogen-bond donors (Lipinski definition) is 0. The Kier molecular flexibility index (Phi) is 23.1. The van der Waals surface area contributed by atoms with Gasteiger partial charge in [-0.2, -0.15) is 10.2 Å². The number of hydrogen-bond acceptors (Lipinski definition) is 15. The first-order valence-electron chi connectivity index (χ1n) is 27.4. The summed E-state index contributed by atoms with van der Waals surface area (Å²) in [5.74, 6) is 3.49. The standard InChI is InChI=1S/C62H74N4O12/c1-3-27-75-59-47-9-5-10-48(59)44-52-14-8-16-54-46-50-12-6-11-49(60(50)76-28-4-2)45-53-15-7-13-51(43-47)61(53)77-41-39-73-37-35-71-33-31-69-29-25-65(26-30-70-32-34-72-36-38-74-40-42-78-62(52)54)57-21-17-55(18-22-57)63-64-56-19-23-58(24-20-56)66(67)68/h5-24H,3-4,25-46H2,1-2H3. The number of benzene rings is 6. The molecule has 0 aromatic heterocycles. The van der Waals surface area contributed by atoms with Crippen molar-refractivity contribution in [2.24, 2.45) is 10.2 Å². The molecule has 0 saturated heterocycles. The van der Waals surface area contributed by atoms with E-state index in [1.54, 1.807) is 12.1 Å². The van der Waals surface area contributed by atoms with Crippen molar-refractivity contribution < 1.29 is 52.3 Å². The molecule has 16 nitrogen and oxygen atoms in total. The summed E-state index contributed by atoms with van der Waals surface area (Å²) in [5, 5.41) is 19.6. The number of fused-ring (bicyclic) bond motifs is 24. The van der Waals surface area contributed by atoms with Crippen LogP contribution in [0.5, 0.6) is 23.0 Å². The topological polar surface area (TPSA) is 163 Å². The highest BCUT2D eigenvalue weighted by Crippen LogP contribution is 2.39. The lowest BCUT2D eigenvalue weighted by molar-refractivity contribution is -0.384. The monoisotopic (exact) mass is 1070 g/mol. The van der Waals surface area contributed by atoms with E-state index < -0.39 is 4.92 Å². The summed E-state index contributed by atoms with van der Waals surface area (Å²) in [6.07, 6.45) is 4.19. The van der Waals surface area contributed by atoms with Crippen molar-refractivity contribution in [1.82, 2.24) is 0 Å². The van der Waals surface area contributed by atoms with Gasteiger partial charge in [0.1, 0.15) is 36.2 Å². The summed E-state index contributed by atoms with van der Waals surface area (Å²) >= 11 is 0. The van der Waals surface area contributed by atoms with Crippen LogP contribution in [0.3, 0.4) is 0 Å². The van der Waals surface area contributed by atoms with Crippen LogP contribution in [0.2, 0.25) is 0 Å². The molecule has 2 heterocycles. The third-order valence-electron chi connectivity index (χ3n) is 13.1. The van der Waals surface area contributed by atoms with Gasteiger partial charge in [0.05, 0.1) is 109 Å². The second-order valence-corrected chi connectivity index (χ2v) is 18.9. The largest absolute Gasteiger partial charge is 0.493 e. The summed E-state index contributed by atoms with van der Waals surface area (Å²) in [5.41, 5.74) is 10.8. The molecule has 0 spiro atoms. The van der Waals surface area contributed by atoms with Gasteiger partial charge in [0.15, 0.2) is 0 Å². The number of non-ortho nitro benzene ring substituents is 1. The Morgan fingerprint density at radius 1 is 0.436 bits per heavy atom. The molecule has 1 aliphatic carbocycles. The average molecular weight is 1070 g/mol. The maximum Gasteiger partial charge on any atom is 0.269 e. The Morgan fingerprint density at radius 2 is 0.756 bits per heavy atom. The summed E-state index contributed by atoms with van der Waals surface area (Å²) in [4.78, 5) is 12.8. The van der Waals surface area contributed by atoms with Crippen LogP contribution in [0.25, 0.3) is 0 Å². The number of rotatable bonds is 10. The summed E-state index contributed by atoms with van der Waals surface area (Å²) in [7, 11) is 0. The van der Waals surface area contributed by atoms with Gasteiger partial charge in [-0.3, -0.25) is 10.1 Å². The van der Waals surface area contributed by atoms with E-state index in [1.165, 1.54) is 12.1 Å². The third-order valence-corrected chi connectivity index (χ3v) is 13.1. The molecule has 3 aliphatic rings. The molecule has 6 aromatic rings. The highest BCUT2D eigenvalue weighted by molar-refractivity contribution is 5.57. The summed E-state index contributed by atoms with van der Waals surface area (Å²) < 4.78 is 62.9. The van der Waals surface area contributed by atoms with Gasteiger partial charge in [0.25, 0.3) is 5.69 Å². The summed E-state index contributed by atoms with van der Waals surface area (Å²) in [6.45, 7) is 12.5. The highest BCUT2D eigenvalue weighted by Gasteiger charge is 2.22. The van der Waals surface area contributed by atoms with Gasteiger partial charge in [0.2, 0.25) is 0 Å². The smallest absolute Gasteiger partial charge is 0.269 e. The van der Waals surface area contributed by atoms with Crippen LogP contribution in [0.1, 0.15) is 71.2 Å². The minimum atomic E-state index is -0.444. The van der Waals surface area contributed by atoms with Crippen molar-refractivity contribution >= 4 is 22.7 Å². The third kappa shape index (κ3) is 17.3. The van der Waals surface area contributed by atoms with Crippen molar-refractivity contribution in [2.75, 3.05) is 124 Å². The predicted octanol–water partition coefficient (Wildman–Crippen LogP) is 11.6. The SMILES string of the molecule is CCCOc1c2cccc1Cc1cccc3c1OCCOCCOCCOCCN(c1ccc(N=Nc4ccc([N+](=O)[O-])cc4)cc1)CCOCCOCCOCCOc1c(cccc1Cc1cccc(c1OCCC)C3)C2. The molecular weight excluding hydrogens is 993 g/mol. The number of anilines is 1. The molecule has 78 heavy (non-hydrogen) atoms. The normalized spacial score (nSPS) is 16.2. The van der Waals surface area contributed by atoms with E-state index in [4.69, 9.17) is 47.4 Å². The van der Waals surface area contributed by atoms with E-state index in [0.29, 0.717) is 156 Å². The quantitative estimate of drug-likeness (QED) is 0.0551. The first kappa shape index (κ1) is 57.3. The number of nitro groups is 1. The molecule has 414 valence electrons. The van der Waals surface area contributed by atoms with Crippen molar-refractivity contribution in [2.45, 2.75) is 52.4 Å². The average Bonchev–Trinajstić information content (AvgIpc) is 3.49. The fourth-order valence-electron chi connectivity index (χ4n) is 9.33. The Balaban J connectivity index is 0.978. The molecule has 9 rings (SSSR count). The van der Waals surface area contributed by atoms with Gasteiger partial charge in [-0.1, -0.05) is 86.6 Å². The number of para-hydroxylation sites is 4. The van der Waals surface area contributed by atoms with E-state index >= 15 is 0 Å². The van der Waals surface area contributed by atoms with Gasteiger partial charge < -0.3 is 52.3 Å². The van der Waals surface area contributed by atoms with Crippen molar-refractivity contribution in [1.29, 1.82) is 0 Å². The van der Waals surface area contributed by atoms with E-state index in [1.807, 2.05) is 24.3 Å². The number of nitro benzene ring substituents is 1. The minimum Gasteiger partial charge on any atom is -0.493 e. The maximum atomic E-state index is 11.0. The first-order valence-corrected chi connectivity index (χ1v) is 27.4. The van der Waals surface area contributed by atoms with Crippen LogP contribution in [0.15, 0.2) is 132 Å². The molecule has 0 fully saturated rings. The van der Waals surface area contributed by atoms with Crippen molar-refractivity contribution in [3.05, 3.63) is 176 Å². The Bertz CT molecular complexity index is 2590. The number of ether oxygens (including phenoxy) is 10. The molecule has 6 aromatic carbocycles. The lowest BCUT2D eigenvalue weighted by Gasteiger charge is -2.25. The second kappa shape index (κ2) is 31.5. The van der Waals surface area contributed by atoms with Gasteiger partial charge in [-0.25, -0.2) is 0 Å². The molecule has 16 heteroatoms. The van der Waals surface area contributed by atoms with Crippen LogP contribution in [-0.2, 0) is 54.1 Å². The van der Waals surface area contributed by atoms with E-state index in [-0.39, 0.29) is 5.69 Å². The number of azo groups is 1. The zero-order valence-electron chi connectivity index (χ0n) is 45.2. The van der Waals surface area contributed by atoms with Crippen LogP contribution in [-0.4, -0.2) is 124 Å². The fourth-order valence-corrected chi connectivity index (χ4v) is 9.33. The molecule has 0 radical (unpaired) electrons. The van der Waals surface area contributed by atoms with Gasteiger partial charge in [-0.15, -0.1) is 0 Å². The first-order chi connectivity index (χ1) is 38.5. The van der Waals surface area contributed by atoms with E-state index in [9.17, 15) is 10.1 Å². The second-order valence-electron chi connectivity index (χ2n) is 18.9. The molecule has 0 N–H and O–H groups in total. The zero-order valence-corrected chi connectivity index (χ0v) is 45.2. The summed E-state index contributed by atoms with van der Waals surface area (Å²) in [6, 6.07) is 39.5. The lowest BCUT2D eigenvalue weighted by Crippen LogP contribution is -2.31. The van der Waals surface area contributed by atoms with E-state index in [0.717, 1.165) is 86.0 Å². The molecule has 2 aliphatic heterocycles. The number of nitrogens with zero attached hydrogens (tertiary/aromatic N) is 4. The molecule has 0 amide bonds. The van der Waals surface area contributed by atoms with Crippen LogP contribution >= 0.6 is 0 Å². The molecule has 0 saturated carbocycles. The predicted molar refractivity (Wildman–Crippen MR) is 300 cm³/mol. The Hall–Kier alpha value is -6.92. The highest BCUT2D eigenvalue weighted by atomic mass is 16.6. The van der Waals surface area contributed by atoms with E-state index in [2.05, 4.69) is 102 Å². The molecule has 10 bridgehead atoms. The van der Waals surface area contributed by atoms with Gasteiger partial charge in [0, 0.05) is 56.6 Å². The van der Waals surface area contributed by atoms with Gasteiger partial charge >= 0.3 is 0 Å². The van der Waals surface area contributed by atoms with Crippen molar-refractivity contribution in [3.63, 3.8) is 0 Å². The van der Waals surface area contributed by atoms with Crippen LogP contribution in [0.4, 0.5) is 22.7 Å². The maximum absolute atomic E-state index is 11.0. The zero-order chi connectivity index (χ0) is 54.0. The van der Waals surface area contributed by atoms with Gasteiger partial charge in [-0.05, 0) is 93.7 Å². The molecule has 0 unspecified atom stereocenters. The fraction of sp³-hybridized carbons (Fsp3) is 0.419. The Morgan fingerprint density at radius 3 is 1.10 bits per heavy atom.